The van der Waals surface area contributed by atoms with Crippen LogP contribution in [0.15, 0.2) is 48.5 Å². The first-order chi connectivity index (χ1) is 13.8. The molecule has 2 aromatic carbocycles. The molecule has 1 N–H and O–H groups in total. The van der Waals surface area contributed by atoms with Crippen molar-refractivity contribution in [3.63, 3.8) is 0 Å². The number of fused-ring (bicyclic) bond motifs is 1. The van der Waals surface area contributed by atoms with Crippen LogP contribution < -0.4 is 5.32 Å². The van der Waals surface area contributed by atoms with Gasteiger partial charge in [0.15, 0.2) is 0 Å². The number of aromatic nitrogens is 2. The van der Waals surface area contributed by atoms with Crippen molar-refractivity contribution >= 4 is 11.6 Å². The summed E-state index contributed by atoms with van der Waals surface area (Å²) >= 11 is 6.04. The van der Waals surface area contributed by atoms with Gasteiger partial charge in [0.2, 0.25) is 0 Å². The summed E-state index contributed by atoms with van der Waals surface area (Å²) in [6.45, 7) is 2.07. The van der Waals surface area contributed by atoms with E-state index in [1.807, 2.05) is 12.1 Å². The smallest absolute Gasteiger partial charge is 0.0720 e. The van der Waals surface area contributed by atoms with Crippen molar-refractivity contribution in [3.8, 4) is 22.4 Å². The Labute approximate surface area is 171 Å². The number of halogens is 1. The van der Waals surface area contributed by atoms with Crippen LogP contribution in [-0.4, -0.2) is 22.9 Å². The van der Waals surface area contributed by atoms with Gasteiger partial charge in [0.25, 0.3) is 0 Å². The molecule has 0 atom stereocenters. The van der Waals surface area contributed by atoms with Crippen LogP contribution >= 0.6 is 11.6 Å². The van der Waals surface area contributed by atoms with Crippen molar-refractivity contribution in [1.82, 2.24) is 15.1 Å². The normalized spacial score (nSPS) is 17.5. The minimum absolute atomic E-state index is 0.561. The molecule has 0 spiro atoms. The van der Waals surface area contributed by atoms with Gasteiger partial charge < -0.3 is 5.32 Å². The predicted octanol–water partition coefficient (Wildman–Crippen LogP) is 5.67. The molecule has 3 nitrogen and oxygen atoms in total. The van der Waals surface area contributed by atoms with E-state index in [0.717, 1.165) is 31.0 Å². The Bertz CT molecular complexity index is 951. The van der Waals surface area contributed by atoms with E-state index < -0.39 is 0 Å². The van der Waals surface area contributed by atoms with Crippen LogP contribution in [0.25, 0.3) is 22.4 Å². The first-order valence-electron chi connectivity index (χ1n) is 10.5. The molecule has 2 aliphatic rings. The molecule has 0 radical (unpaired) electrons. The van der Waals surface area contributed by atoms with Gasteiger partial charge in [-0.3, -0.25) is 4.68 Å². The Hall–Kier alpha value is -2.10. The van der Waals surface area contributed by atoms with Crippen LogP contribution in [-0.2, 0) is 12.8 Å². The van der Waals surface area contributed by atoms with Crippen LogP contribution in [0, 0.1) is 0 Å². The molecule has 1 aromatic heterocycles. The third-order valence-corrected chi connectivity index (χ3v) is 6.44. The largest absolute Gasteiger partial charge is 0.316 e. The van der Waals surface area contributed by atoms with Crippen LogP contribution in [0.3, 0.4) is 0 Å². The summed E-state index contributed by atoms with van der Waals surface area (Å²) < 4.78 is 2.38. The molecule has 1 fully saturated rings. The second-order valence-corrected chi connectivity index (χ2v) is 8.43. The van der Waals surface area contributed by atoms with Gasteiger partial charge >= 0.3 is 0 Å². The maximum atomic E-state index is 6.04. The monoisotopic (exact) mass is 391 g/mol. The lowest BCUT2D eigenvalue weighted by Crippen LogP contribution is -2.17. The maximum Gasteiger partial charge on any atom is 0.0720 e. The summed E-state index contributed by atoms with van der Waals surface area (Å²) in [6.07, 6.45) is 7.27. The molecule has 1 saturated carbocycles. The minimum atomic E-state index is 0.561. The molecule has 4 heteroatoms. The molecule has 2 heterocycles. The number of nitrogens with zero attached hydrogens (tertiary/aromatic N) is 2. The van der Waals surface area contributed by atoms with Gasteiger partial charge in [0.1, 0.15) is 0 Å². The van der Waals surface area contributed by atoms with Crippen molar-refractivity contribution in [3.05, 3.63) is 64.8 Å². The Morgan fingerprint density at radius 3 is 2.14 bits per heavy atom. The van der Waals surface area contributed by atoms with Gasteiger partial charge in [-0.2, -0.15) is 5.10 Å². The SMILES string of the molecule is Clc1ccc(-c2ccc(-c3c4c(nn3C3CCCC3)CCNCC4)cc2)cc1. The zero-order valence-corrected chi connectivity index (χ0v) is 16.9. The van der Waals surface area contributed by atoms with Gasteiger partial charge in [0.05, 0.1) is 17.4 Å². The van der Waals surface area contributed by atoms with E-state index >= 15 is 0 Å². The Morgan fingerprint density at radius 1 is 0.821 bits per heavy atom. The topological polar surface area (TPSA) is 29.9 Å². The van der Waals surface area contributed by atoms with E-state index in [1.165, 1.54) is 59.3 Å². The van der Waals surface area contributed by atoms with Gasteiger partial charge in [0, 0.05) is 29.1 Å². The average molecular weight is 392 g/mol. The highest BCUT2D eigenvalue weighted by molar-refractivity contribution is 6.30. The highest BCUT2D eigenvalue weighted by Crippen LogP contribution is 2.37. The summed E-state index contributed by atoms with van der Waals surface area (Å²) in [6, 6.07) is 17.6. The first kappa shape index (κ1) is 18.0. The summed E-state index contributed by atoms with van der Waals surface area (Å²) in [5, 5.41) is 9.42. The van der Waals surface area contributed by atoms with Crippen LogP contribution in [0.4, 0.5) is 0 Å². The summed E-state index contributed by atoms with van der Waals surface area (Å²) in [4.78, 5) is 0. The zero-order chi connectivity index (χ0) is 18.9. The molecule has 3 aromatic rings. The molecule has 1 aliphatic heterocycles. The molecule has 144 valence electrons. The number of benzene rings is 2. The zero-order valence-electron chi connectivity index (χ0n) is 16.1. The number of rotatable bonds is 3. The minimum Gasteiger partial charge on any atom is -0.316 e. The molecular formula is C24H26ClN3. The van der Waals surface area contributed by atoms with Crippen LogP contribution in [0.2, 0.25) is 5.02 Å². The first-order valence-corrected chi connectivity index (χ1v) is 10.8. The van der Waals surface area contributed by atoms with Gasteiger partial charge in [-0.1, -0.05) is 60.8 Å². The fourth-order valence-electron chi connectivity index (χ4n) is 4.71. The van der Waals surface area contributed by atoms with E-state index in [-0.39, 0.29) is 0 Å². The molecule has 1 aliphatic carbocycles. The molecule has 28 heavy (non-hydrogen) atoms. The lowest BCUT2D eigenvalue weighted by molar-refractivity contribution is 0.466. The summed E-state index contributed by atoms with van der Waals surface area (Å²) in [5.74, 6) is 0. The molecule has 0 bridgehead atoms. The molecule has 0 unspecified atom stereocenters. The highest BCUT2D eigenvalue weighted by Gasteiger charge is 2.26. The van der Waals surface area contributed by atoms with Crippen molar-refractivity contribution in [1.29, 1.82) is 0 Å². The fraction of sp³-hybridized carbons (Fsp3) is 0.375. The second-order valence-electron chi connectivity index (χ2n) is 7.99. The number of hydrogen-bond acceptors (Lipinski definition) is 2. The van der Waals surface area contributed by atoms with E-state index in [4.69, 9.17) is 16.7 Å². The van der Waals surface area contributed by atoms with Crippen molar-refractivity contribution in [2.24, 2.45) is 0 Å². The highest BCUT2D eigenvalue weighted by atomic mass is 35.5. The lowest BCUT2D eigenvalue weighted by atomic mass is 9.99. The standard InChI is InChI=1S/C24H26ClN3/c25-20-11-9-18(10-12-20)17-5-7-19(8-6-17)24-22-13-15-26-16-14-23(22)27-28(24)21-3-1-2-4-21/h5-12,21,26H,1-4,13-16H2. The fourth-order valence-corrected chi connectivity index (χ4v) is 4.83. The number of nitrogens with one attached hydrogen (secondary N) is 1. The van der Waals surface area contributed by atoms with Crippen LogP contribution in [0.1, 0.15) is 43.0 Å². The molecule has 0 saturated heterocycles. The molecular weight excluding hydrogens is 366 g/mol. The van der Waals surface area contributed by atoms with Gasteiger partial charge in [-0.15, -0.1) is 0 Å². The molecule has 0 amide bonds. The van der Waals surface area contributed by atoms with Gasteiger partial charge in [-0.05, 0) is 49.1 Å². The second kappa shape index (κ2) is 7.73. The predicted molar refractivity (Wildman–Crippen MR) is 116 cm³/mol. The summed E-state index contributed by atoms with van der Waals surface area (Å²) in [7, 11) is 0. The lowest BCUT2D eigenvalue weighted by Gasteiger charge is -2.16. The Balaban J connectivity index is 1.56. The summed E-state index contributed by atoms with van der Waals surface area (Å²) in [5.41, 5.74) is 7.82. The van der Waals surface area contributed by atoms with E-state index in [2.05, 4.69) is 46.4 Å². The Morgan fingerprint density at radius 2 is 1.43 bits per heavy atom. The van der Waals surface area contributed by atoms with E-state index in [9.17, 15) is 0 Å². The third-order valence-electron chi connectivity index (χ3n) is 6.19. The van der Waals surface area contributed by atoms with E-state index in [1.54, 1.807) is 0 Å². The van der Waals surface area contributed by atoms with E-state index in [0.29, 0.717) is 6.04 Å². The third kappa shape index (κ3) is 3.38. The Kier molecular flexibility index (Phi) is 4.96. The molecule has 5 rings (SSSR count). The van der Waals surface area contributed by atoms with Crippen LogP contribution in [0.5, 0.6) is 0 Å². The quantitative estimate of drug-likeness (QED) is 0.623. The van der Waals surface area contributed by atoms with Crippen molar-refractivity contribution in [2.75, 3.05) is 13.1 Å². The van der Waals surface area contributed by atoms with Gasteiger partial charge in [-0.25, -0.2) is 0 Å². The van der Waals surface area contributed by atoms with Crippen molar-refractivity contribution in [2.45, 2.75) is 44.6 Å². The number of hydrogen-bond donors (Lipinski definition) is 1. The average Bonchev–Trinajstić information content (AvgIpc) is 3.32. The maximum absolute atomic E-state index is 6.04. The van der Waals surface area contributed by atoms with Crippen molar-refractivity contribution < 1.29 is 0 Å².